The van der Waals surface area contributed by atoms with Crippen LogP contribution in [0.2, 0.25) is 0 Å². The van der Waals surface area contributed by atoms with Crippen molar-refractivity contribution in [2.75, 3.05) is 7.05 Å². The summed E-state index contributed by atoms with van der Waals surface area (Å²) in [6, 6.07) is 8.27. The van der Waals surface area contributed by atoms with E-state index in [1.807, 2.05) is 19.2 Å². The highest BCUT2D eigenvalue weighted by Gasteiger charge is 2.26. The highest BCUT2D eigenvalue weighted by molar-refractivity contribution is 9.10. The number of halogens is 1. The van der Waals surface area contributed by atoms with Gasteiger partial charge in [0, 0.05) is 18.3 Å². The van der Waals surface area contributed by atoms with Crippen LogP contribution in [0, 0.1) is 0 Å². The zero-order chi connectivity index (χ0) is 12.4. The summed E-state index contributed by atoms with van der Waals surface area (Å²) < 4.78 is 0. The van der Waals surface area contributed by atoms with Crippen LogP contribution in [0.5, 0.6) is 0 Å². The van der Waals surface area contributed by atoms with E-state index >= 15 is 0 Å². The molecule has 1 amide bonds. The van der Waals surface area contributed by atoms with Gasteiger partial charge < -0.3 is 4.90 Å². The maximum absolute atomic E-state index is 11.9. The zero-order valence-corrected chi connectivity index (χ0v) is 11.7. The smallest absolute Gasteiger partial charge is 0.240 e. The number of hydrogen-bond donors (Lipinski definition) is 0. The van der Waals surface area contributed by atoms with Crippen molar-refractivity contribution >= 4 is 27.5 Å². The summed E-state index contributed by atoms with van der Waals surface area (Å²) in [6.45, 7) is 2.14. The van der Waals surface area contributed by atoms with Crippen molar-refractivity contribution in [3.8, 4) is 0 Å². The lowest BCUT2D eigenvalue weighted by Crippen LogP contribution is -2.35. The van der Waals surface area contributed by atoms with E-state index in [1.165, 1.54) is 11.1 Å². The predicted molar refractivity (Wildman–Crippen MR) is 73.9 cm³/mol. The highest BCUT2D eigenvalue weighted by Crippen LogP contribution is 2.29. The predicted octanol–water partition coefficient (Wildman–Crippen LogP) is 3.22. The molecule has 1 unspecified atom stereocenters. The van der Waals surface area contributed by atoms with Gasteiger partial charge in [-0.3, -0.25) is 4.79 Å². The van der Waals surface area contributed by atoms with Crippen LogP contribution in [0.1, 0.15) is 24.5 Å². The quantitative estimate of drug-likeness (QED) is 0.767. The Morgan fingerprint density at radius 1 is 1.41 bits per heavy atom. The van der Waals surface area contributed by atoms with Crippen LogP contribution in [0.15, 0.2) is 30.3 Å². The van der Waals surface area contributed by atoms with Crippen molar-refractivity contribution in [2.45, 2.75) is 24.6 Å². The van der Waals surface area contributed by atoms with Gasteiger partial charge in [-0.2, -0.15) is 0 Å². The largest absolute Gasteiger partial charge is 0.314 e. The van der Waals surface area contributed by atoms with Gasteiger partial charge >= 0.3 is 0 Å². The molecule has 1 aromatic rings. The number of hydrogen-bond acceptors (Lipinski definition) is 1. The first kappa shape index (κ1) is 12.4. The highest BCUT2D eigenvalue weighted by atomic mass is 79.9. The molecule has 0 spiro atoms. The van der Waals surface area contributed by atoms with Crippen LogP contribution >= 0.6 is 15.9 Å². The fourth-order valence-electron chi connectivity index (χ4n) is 2.15. The number of allylic oxidation sites excluding steroid dienone is 1. The van der Waals surface area contributed by atoms with Crippen LogP contribution < -0.4 is 0 Å². The lowest BCUT2D eigenvalue weighted by molar-refractivity contribution is -0.126. The minimum atomic E-state index is -0.0787. The summed E-state index contributed by atoms with van der Waals surface area (Å²) in [4.78, 5) is 13.6. The average Bonchev–Trinajstić information content (AvgIpc) is 2.36. The molecule has 2 rings (SSSR count). The second-order valence-corrected chi connectivity index (χ2v) is 5.31. The molecule has 90 valence electrons. The molecule has 3 heteroatoms. The van der Waals surface area contributed by atoms with Crippen molar-refractivity contribution in [3.63, 3.8) is 0 Å². The van der Waals surface area contributed by atoms with Crippen LogP contribution in [-0.2, 0) is 11.2 Å². The first-order valence-corrected chi connectivity index (χ1v) is 6.76. The number of benzene rings is 1. The minimum absolute atomic E-state index is 0.0787. The van der Waals surface area contributed by atoms with E-state index in [2.05, 4.69) is 41.1 Å². The molecule has 0 bridgehead atoms. The first-order valence-electron chi connectivity index (χ1n) is 5.85. The zero-order valence-electron chi connectivity index (χ0n) is 10.1. The van der Waals surface area contributed by atoms with E-state index in [0.717, 1.165) is 18.5 Å². The van der Waals surface area contributed by atoms with Crippen molar-refractivity contribution in [3.05, 3.63) is 41.5 Å². The lowest BCUT2D eigenvalue weighted by atomic mass is 9.98. The molecule has 0 N–H and O–H groups in total. The number of amides is 1. The first-order chi connectivity index (χ1) is 8.15. The molecular formula is C14H16BrNO. The van der Waals surface area contributed by atoms with Gasteiger partial charge in [-0.1, -0.05) is 53.2 Å². The van der Waals surface area contributed by atoms with Crippen LogP contribution in [-0.4, -0.2) is 22.7 Å². The Bertz CT molecular complexity index is 467. The number of carbonyl (C=O) groups excluding carboxylic acids is 1. The van der Waals surface area contributed by atoms with Gasteiger partial charge in [-0.05, 0) is 18.4 Å². The van der Waals surface area contributed by atoms with Gasteiger partial charge in [0.2, 0.25) is 5.91 Å². The van der Waals surface area contributed by atoms with Crippen LogP contribution in [0.3, 0.4) is 0 Å². The number of nitrogens with zero attached hydrogens (tertiary/aromatic N) is 1. The summed E-state index contributed by atoms with van der Waals surface area (Å²) >= 11 is 3.39. The van der Waals surface area contributed by atoms with E-state index in [4.69, 9.17) is 0 Å². The third-order valence-electron chi connectivity index (χ3n) is 3.15. The van der Waals surface area contributed by atoms with Gasteiger partial charge in [0.15, 0.2) is 0 Å². The molecule has 17 heavy (non-hydrogen) atoms. The average molecular weight is 294 g/mol. The molecule has 0 aromatic heterocycles. The Kier molecular flexibility index (Phi) is 3.67. The number of alkyl halides is 1. The lowest BCUT2D eigenvalue weighted by Gasteiger charge is -2.28. The standard InChI is InChI=1S/C14H16BrNO/c1-3-10-6-4-5-7-11(10)13-9-8-12(15)14(17)16(13)2/h4-7,9,12H,3,8H2,1-2H3. The second-order valence-electron chi connectivity index (χ2n) is 4.20. The van der Waals surface area contributed by atoms with Crippen molar-refractivity contribution in [1.82, 2.24) is 4.90 Å². The Balaban J connectivity index is 2.43. The maximum Gasteiger partial charge on any atom is 0.240 e. The van der Waals surface area contributed by atoms with E-state index in [-0.39, 0.29) is 10.7 Å². The fraction of sp³-hybridized carbons (Fsp3) is 0.357. The van der Waals surface area contributed by atoms with Gasteiger partial charge in [-0.25, -0.2) is 0 Å². The van der Waals surface area contributed by atoms with Crippen molar-refractivity contribution in [1.29, 1.82) is 0 Å². The Morgan fingerprint density at radius 3 is 2.82 bits per heavy atom. The SMILES string of the molecule is CCc1ccccc1C1=CCC(Br)C(=O)N1C. The Hall–Kier alpha value is -1.09. The van der Waals surface area contributed by atoms with Gasteiger partial charge in [0.1, 0.15) is 0 Å². The van der Waals surface area contributed by atoms with Gasteiger partial charge in [-0.15, -0.1) is 0 Å². The molecular weight excluding hydrogens is 278 g/mol. The molecule has 1 heterocycles. The third kappa shape index (κ3) is 2.29. The number of aryl methyl sites for hydroxylation is 1. The minimum Gasteiger partial charge on any atom is -0.314 e. The van der Waals surface area contributed by atoms with Crippen LogP contribution in [0.25, 0.3) is 5.70 Å². The molecule has 2 nitrogen and oxygen atoms in total. The molecule has 1 aliphatic rings. The molecule has 0 fully saturated rings. The van der Waals surface area contributed by atoms with Crippen molar-refractivity contribution < 1.29 is 4.79 Å². The molecule has 1 aliphatic heterocycles. The number of carbonyl (C=O) groups is 1. The van der Waals surface area contributed by atoms with Gasteiger partial charge in [0.25, 0.3) is 0 Å². The van der Waals surface area contributed by atoms with Gasteiger partial charge in [0.05, 0.1) is 4.83 Å². The Morgan fingerprint density at radius 2 is 2.12 bits per heavy atom. The normalized spacial score (nSPS) is 20.4. The summed E-state index contributed by atoms with van der Waals surface area (Å²) in [5.41, 5.74) is 3.49. The summed E-state index contributed by atoms with van der Waals surface area (Å²) in [5.74, 6) is 0.133. The second kappa shape index (κ2) is 5.05. The van der Waals surface area contributed by atoms with E-state index in [9.17, 15) is 4.79 Å². The van der Waals surface area contributed by atoms with E-state index in [0.29, 0.717) is 0 Å². The summed E-state index contributed by atoms with van der Waals surface area (Å²) in [6.07, 6.45) is 3.87. The summed E-state index contributed by atoms with van der Waals surface area (Å²) in [7, 11) is 1.84. The van der Waals surface area contributed by atoms with Crippen molar-refractivity contribution in [2.24, 2.45) is 0 Å². The molecule has 1 aromatic carbocycles. The molecule has 0 saturated carbocycles. The Labute approximate surface area is 110 Å². The van der Waals surface area contributed by atoms with E-state index < -0.39 is 0 Å². The fourth-order valence-corrected chi connectivity index (χ4v) is 2.64. The third-order valence-corrected chi connectivity index (χ3v) is 3.92. The van der Waals surface area contributed by atoms with E-state index in [1.54, 1.807) is 4.90 Å². The molecule has 0 saturated heterocycles. The number of rotatable bonds is 2. The molecule has 1 atom stereocenters. The maximum atomic E-state index is 11.9. The monoisotopic (exact) mass is 293 g/mol. The molecule has 0 aliphatic carbocycles. The molecule has 0 radical (unpaired) electrons. The topological polar surface area (TPSA) is 20.3 Å². The van der Waals surface area contributed by atoms with Crippen LogP contribution in [0.4, 0.5) is 0 Å². The summed E-state index contributed by atoms with van der Waals surface area (Å²) in [5, 5.41) is 0.